The van der Waals surface area contributed by atoms with Crippen LogP contribution in [-0.2, 0) is 14.3 Å². The minimum absolute atomic E-state index is 0.169. The summed E-state index contributed by atoms with van der Waals surface area (Å²) in [6.07, 6.45) is 18.4. The highest BCUT2D eigenvalue weighted by Crippen LogP contribution is 2.10. The van der Waals surface area contributed by atoms with E-state index in [1.807, 2.05) is 0 Å². The van der Waals surface area contributed by atoms with E-state index in [0.29, 0.717) is 6.42 Å². The molecule has 0 bridgehead atoms. The van der Waals surface area contributed by atoms with E-state index in [-0.39, 0.29) is 6.42 Å². The average molecular weight is 371 g/mol. The van der Waals surface area contributed by atoms with Gasteiger partial charge in [-0.2, -0.15) is 0 Å². The van der Waals surface area contributed by atoms with E-state index < -0.39 is 24.6 Å². The molecule has 0 saturated carbocycles. The van der Waals surface area contributed by atoms with Crippen LogP contribution in [0, 0.1) is 0 Å². The van der Waals surface area contributed by atoms with Crippen LogP contribution in [0.15, 0.2) is 12.2 Å². The molecule has 0 amide bonds. The Kier molecular flexibility index (Phi) is 17.7. The number of ether oxygens (including phenoxy) is 1. The number of rotatable bonds is 17. The molecule has 152 valence electrons. The number of carbonyl (C=O) groups is 2. The molecule has 0 spiro atoms. The van der Waals surface area contributed by atoms with Crippen LogP contribution < -0.4 is 0 Å². The van der Waals surface area contributed by atoms with Gasteiger partial charge in [-0.15, -0.1) is 0 Å². The molecule has 5 nitrogen and oxygen atoms in total. The normalized spacial score (nSPS) is 12.4. The number of allylic oxidation sites excluding steroid dienone is 2. The number of carbonyl (C=O) groups excluding carboxylic acids is 2. The van der Waals surface area contributed by atoms with Crippen LogP contribution in [0.2, 0.25) is 0 Å². The van der Waals surface area contributed by atoms with Gasteiger partial charge in [0.05, 0.1) is 6.61 Å². The summed E-state index contributed by atoms with van der Waals surface area (Å²) in [5.74, 6) is -1.72. The van der Waals surface area contributed by atoms with Crippen molar-refractivity contribution in [2.24, 2.45) is 0 Å². The smallest absolute Gasteiger partial charge is 0.345 e. The molecule has 0 heterocycles. The zero-order valence-electron chi connectivity index (χ0n) is 16.5. The maximum Gasteiger partial charge on any atom is 0.345 e. The van der Waals surface area contributed by atoms with Crippen molar-refractivity contribution >= 4 is 11.9 Å². The molecule has 0 rings (SSSR count). The number of unbranched alkanes of at least 4 members (excludes halogenated alkanes) is 11. The quantitative estimate of drug-likeness (QED) is 0.171. The molecule has 0 aliphatic carbocycles. The van der Waals surface area contributed by atoms with E-state index in [1.54, 1.807) is 0 Å². The Bertz CT molecular complexity index is 379. The van der Waals surface area contributed by atoms with Gasteiger partial charge in [-0.3, -0.25) is 4.79 Å². The van der Waals surface area contributed by atoms with Gasteiger partial charge >= 0.3 is 11.9 Å². The lowest BCUT2D eigenvalue weighted by atomic mass is 10.1. The first-order valence-electron chi connectivity index (χ1n) is 10.3. The van der Waals surface area contributed by atoms with Gasteiger partial charge in [0.15, 0.2) is 6.10 Å². The molecule has 0 aromatic rings. The molecule has 1 atom stereocenters. The van der Waals surface area contributed by atoms with E-state index in [1.165, 1.54) is 51.4 Å². The highest BCUT2D eigenvalue weighted by molar-refractivity contribution is 5.87. The zero-order valence-corrected chi connectivity index (χ0v) is 16.5. The fraction of sp³-hybridized carbons (Fsp3) is 0.810. The van der Waals surface area contributed by atoms with Crippen molar-refractivity contribution in [3.05, 3.63) is 12.2 Å². The van der Waals surface area contributed by atoms with Gasteiger partial charge in [0.1, 0.15) is 0 Å². The summed E-state index contributed by atoms with van der Waals surface area (Å²) in [5, 5.41) is 17.6. The molecule has 0 aliphatic rings. The summed E-state index contributed by atoms with van der Waals surface area (Å²) in [6.45, 7) is 1.51. The van der Waals surface area contributed by atoms with Gasteiger partial charge < -0.3 is 14.9 Å². The molecule has 0 aromatic heterocycles. The Labute approximate surface area is 158 Å². The fourth-order valence-corrected chi connectivity index (χ4v) is 2.65. The van der Waals surface area contributed by atoms with Crippen LogP contribution in [-0.4, -0.2) is 34.9 Å². The van der Waals surface area contributed by atoms with Crippen molar-refractivity contribution in [2.45, 2.75) is 103 Å². The lowest BCUT2D eigenvalue weighted by Gasteiger charge is -2.06. The number of aliphatic hydroxyl groups excluding tert-OH is 2. The summed E-state index contributed by atoms with van der Waals surface area (Å²) in [6, 6.07) is 0. The van der Waals surface area contributed by atoms with Gasteiger partial charge in [-0.25, -0.2) is 4.79 Å². The van der Waals surface area contributed by atoms with Gasteiger partial charge in [-0.05, 0) is 32.1 Å². The molecule has 0 aliphatic heterocycles. The van der Waals surface area contributed by atoms with E-state index in [4.69, 9.17) is 10.2 Å². The van der Waals surface area contributed by atoms with E-state index >= 15 is 0 Å². The Morgan fingerprint density at radius 3 is 1.88 bits per heavy atom. The maximum atomic E-state index is 11.4. The molecular formula is C21H38O5. The largest absolute Gasteiger partial charge is 0.393 e. The second kappa shape index (κ2) is 18.6. The Morgan fingerprint density at radius 2 is 1.35 bits per heavy atom. The summed E-state index contributed by atoms with van der Waals surface area (Å²) in [5.41, 5.74) is 0. The first kappa shape index (κ1) is 24.8. The predicted molar refractivity (Wildman–Crippen MR) is 104 cm³/mol. The van der Waals surface area contributed by atoms with Crippen LogP contribution in [0.3, 0.4) is 0 Å². The molecular weight excluding hydrogens is 332 g/mol. The number of hydrogen-bond donors (Lipinski definition) is 2. The third-order valence-corrected chi connectivity index (χ3v) is 4.30. The van der Waals surface area contributed by atoms with Gasteiger partial charge in [0.2, 0.25) is 0 Å². The molecule has 0 aromatic carbocycles. The van der Waals surface area contributed by atoms with E-state index in [0.717, 1.165) is 25.7 Å². The number of aliphatic hydroxyl groups is 2. The molecule has 5 heteroatoms. The van der Waals surface area contributed by atoms with E-state index in [9.17, 15) is 9.59 Å². The third-order valence-electron chi connectivity index (χ3n) is 4.30. The summed E-state index contributed by atoms with van der Waals surface area (Å²) < 4.78 is 4.43. The van der Waals surface area contributed by atoms with Crippen molar-refractivity contribution in [3.8, 4) is 0 Å². The third kappa shape index (κ3) is 16.3. The molecule has 0 radical (unpaired) electrons. The number of hydrogen-bond acceptors (Lipinski definition) is 5. The standard InChI is InChI=1S/C21H38O5/c1-2-3-4-5-6-7-8-9-10-11-12-13-14-15-16-17-20(24)26-21(25)19(23)18-22/h9-10,19,22-23H,2-8,11-18H2,1H3/b10-9+. The minimum Gasteiger partial charge on any atom is -0.393 e. The summed E-state index contributed by atoms with van der Waals surface area (Å²) >= 11 is 0. The van der Waals surface area contributed by atoms with Crippen molar-refractivity contribution in [2.75, 3.05) is 6.61 Å². The highest BCUT2D eigenvalue weighted by atomic mass is 16.6. The van der Waals surface area contributed by atoms with Crippen LogP contribution in [0.4, 0.5) is 0 Å². The van der Waals surface area contributed by atoms with E-state index in [2.05, 4.69) is 23.8 Å². The van der Waals surface area contributed by atoms with Gasteiger partial charge in [0, 0.05) is 6.42 Å². The maximum absolute atomic E-state index is 11.4. The van der Waals surface area contributed by atoms with Gasteiger partial charge in [-0.1, -0.05) is 70.4 Å². The monoisotopic (exact) mass is 370 g/mol. The summed E-state index contributed by atoms with van der Waals surface area (Å²) in [4.78, 5) is 22.4. The van der Waals surface area contributed by atoms with Crippen LogP contribution in [0.25, 0.3) is 0 Å². The second-order valence-electron chi connectivity index (χ2n) is 6.83. The van der Waals surface area contributed by atoms with Crippen LogP contribution in [0.5, 0.6) is 0 Å². The summed E-state index contributed by atoms with van der Waals surface area (Å²) in [7, 11) is 0. The van der Waals surface area contributed by atoms with Crippen molar-refractivity contribution in [1.29, 1.82) is 0 Å². The van der Waals surface area contributed by atoms with Crippen LogP contribution in [0.1, 0.15) is 96.8 Å². The SMILES string of the molecule is CCCCCCCC/C=C/CCCCCCCC(=O)OC(=O)C(O)CO. The Morgan fingerprint density at radius 1 is 0.846 bits per heavy atom. The van der Waals surface area contributed by atoms with Crippen molar-refractivity contribution < 1.29 is 24.5 Å². The lowest BCUT2D eigenvalue weighted by molar-refractivity contribution is -0.167. The topological polar surface area (TPSA) is 83.8 Å². The molecule has 0 saturated heterocycles. The average Bonchev–Trinajstić information content (AvgIpc) is 2.64. The first-order valence-corrected chi connectivity index (χ1v) is 10.3. The highest BCUT2D eigenvalue weighted by Gasteiger charge is 2.18. The number of esters is 2. The molecule has 26 heavy (non-hydrogen) atoms. The second-order valence-corrected chi connectivity index (χ2v) is 6.83. The fourth-order valence-electron chi connectivity index (χ4n) is 2.65. The molecule has 2 N–H and O–H groups in total. The van der Waals surface area contributed by atoms with Crippen molar-refractivity contribution in [3.63, 3.8) is 0 Å². The first-order chi connectivity index (χ1) is 12.6. The van der Waals surface area contributed by atoms with Crippen molar-refractivity contribution in [1.82, 2.24) is 0 Å². The zero-order chi connectivity index (χ0) is 19.5. The molecule has 0 fully saturated rings. The minimum atomic E-state index is -1.63. The molecule has 1 unspecified atom stereocenters. The Balaban J connectivity index is 3.34. The van der Waals surface area contributed by atoms with Crippen LogP contribution >= 0.6 is 0 Å². The predicted octanol–water partition coefficient (Wildman–Crippen LogP) is 4.45. The lowest BCUT2D eigenvalue weighted by Crippen LogP contribution is -2.28. The van der Waals surface area contributed by atoms with Gasteiger partial charge in [0.25, 0.3) is 0 Å². The Hall–Kier alpha value is -1.20.